The van der Waals surface area contributed by atoms with Gasteiger partial charge in [0, 0.05) is 0 Å². The van der Waals surface area contributed by atoms with E-state index in [2.05, 4.69) is 26.7 Å². The Balaban J connectivity index is 2.11. The van der Waals surface area contributed by atoms with Crippen molar-refractivity contribution in [2.45, 2.75) is 26.0 Å². The number of rotatable bonds is 2. The van der Waals surface area contributed by atoms with Crippen molar-refractivity contribution < 1.29 is 9.15 Å². The van der Waals surface area contributed by atoms with Gasteiger partial charge in [-0.2, -0.15) is 0 Å². The molecule has 0 spiro atoms. The maximum atomic E-state index is 5.46. The molecule has 0 saturated carbocycles. The van der Waals surface area contributed by atoms with Crippen molar-refractivity contribution in [1.82, 2.24) is 19.7 Å². The highest BCUT2D eigenvalue weighted by molar-refractivity contribution is 5.45. The van der Waals surface area contributed by atoms with Crippen LogP contribution < -0.4 is 0 Å². The predicted molar refractivity (Wildman–Crippen MR) is 54.5 cm³/mol. The molecule has 1 atom stereocenters. The number of hydrogen-bond acceptors (Lipinski definition) is 5. The minimum atomic E-state index is 0.277. The number of fused-ring (bicyclic) bond motifs is 1. The Labute approximate surface area is 92.3 Å². The Morgan fingerprint density at radius 2 is 2.44 bits per heavy atom. The topological polar surface area (TPSA) is 66.0 Å². The molecule has 0 radical (unpaired) electrons. The summed E-state index contributed by atoms with van der Waals surface area (Å²) in [5.74, 6) is 2.24. The molecule has 1 aliphatic rings. The van der Waals surface area contributed by atoms with Crippen molar-refractivity contribution in [3.05, 3.63) is 18.4 Å². The predicted octanol–water partition coefficient (Wildman–Crippen LogP) is 1.41. The molecule has 0 N–H and O–H groups in total. The minimum absolute atomic E-state index is 0.277. The SMILES string of the molecule is CCC1COCc2nnc(-c3cnco3)n21. The molecule has 16 heavy (non-hydrogen) atoms. The minimum Gasteiger partial charge on any atom is -0.440 e. The lowest BCUT2D eigenvalue weighted by Crippen LogP contribution is -2.23. The summed E-state index contributed by atoms with van der Waals surface area (Å²) in [6.45, 7) is 3.33. The van der Waals surface area contributed by atoms with Crippen LogP contribution >= 0.6 is 0 Å². The third kappa shape index (κ3) is 1.34. The van der Waals surface area contributed by atoms with Crippen molar-refractivity contribution in [3.8, 4) is 11.6 Å². The van der Waals surface area contributed by atoms with E-state index in [4.69, 9.17) is 9.15 Å². The summed E-state index contributed by atoms with van der Waals surface area (Å²) >= 11 is 0. The molecule has 2 aromatic rings. The molecule has 3 heterocycles. The van der Waals surface area contributed by atoms with Crippen LogP contribution in [0.3, 0.4) is 0 Å². The van der Waals surface area contributed by atoms with Gasteiger partial charge in [-0.25, -0.2) is 4.98 Å². The van der Waals surface area contributed by atoms with Gasteiger partial charge in [-0.1, -0.05) is 6.92 Å². The van der Waals surface area contributed by atoms with E-state index in [0.717, 1.165) is 18.1 Å². The van der Waals surface area contributed by atoms with Gasteiger partial charge >= 0.3 is 0 Å². The van der Waals surface area contributed by atoms with Crippen molar-refractivity contribution >= 4 is 0 Å². The standard InChI is InChI=1S/C10H12N4O2/c1-2-7-4-15-5-9-12-13-10(14(7)9)8-3-11-6-16-8/h3,6-7H,2,4-5H2,1H3. The molecule has 0 bridgehead atoms. The van der Waals surface area contributed by atoms with Gasteiger partial charge in [0.05, 0.1) is 18.8 Å². The van der Waals surface area contributed by atoms with Gasteiger partial charge in [0.2, 0.25) is 5.82 Å². The van der Waals surface area contributed by atoms with Crippen LogP contribution in [-0.4, -0.2) is 26.4 Å². The molecule has 1 unspecified atom stereocenters. The highest BCUT2D eigenvalue weighted by Gasteiger charge is 2.25. The monoisotopic (exact) mass is 220 g/mol. The number of hydrogen-bond donors (Lipinski definition) is 0. The fraction of sp³-hybridized carbons (Fsp3) is 0.500. The van der Waals surface area contributed by atoms with E-state index < -0.39 is 0 Å². The van der Waals surface area contributed by atoms with Crippen molar-refractivity contribution in [3.63, 3.8) is 0 Å². The van der Waals surface area contributed by atoms with E-state index in [9.17, 15) is 0 Å². The molecule has 0 aliphatic carbocycles. The average molecular weight is 220 g/mol. The summed E-state index contributed by atoms with van der Waals surface area (Å²) in [5.41, 5.74) is 0. The van der Waals surface area contributed by atoms with Crippen LogP contribution in [0.2, 0.25) is 0 Å². The second-order valence-electron chi connectivity index (χ2n) is 3.75. The lowest BCUT2D eigenvalue weighted by atomic mass is 10.2. The first-order chi connectivity index (χ1) is 7.90. The highest BCUT2D eigenvalue weighted by atomic mass is 16.5. The maximum Gasteiger partial charge on any atom is 0.201 e. The Kier molecular flexibility index (Phi) is 2.21. The van der Waals surface area contributed by atoms with Crippen molar-refractivity contribution in [1.29, 1.82) is 0 Å². The molecular weight excluding hydrogens is 208 g/mol. The zero-order valence-corrected chi connectivity index (χ0v) is 8.96. The first-order valence-corrected chi connectivity index (χ1v) is 5.30. The van der Waals surface area contributed by atoms with E-state index in [0.29, 0.717) is 19.0 Å². The second kappa shape index (κ2) is 3.71. The van der Waals surface area contributed by atoms with Gasteiger partial charge in [0.15, 0.2) is 18.0 Å². The Hall–Kier alpha value is -1.69. The Morgan fingerprint density at radius 3 is 3.19 bits per heavy atom. The van der Waals surface area contributed by atoms with Gasteiger partial charge in [-0.15, -0.1) is 10.2 Å². The zero-order valence-electron chi connectivity index (χ0n) is 8.96. The van der Waals surface area contributed by atoms with E-state index in [1.54, 1.807) is 6.20 Å². The fourth-order valence-electron chi connectivity index (χ4n) is 1.96. The first kappa shape index (κ1) is 9.53. The largest absolute Gasteiger partial charge is 0.440 e. The molecule has 0 saturated heterocycles. The van der Waals surface area contributed by atoms with E-state index in [-0.39, 0.29) is 6.04 Å². The van der Waals surface area contributed by atoms with Gasteiger partial charge < -0.3 is 13.7 Å². The summed E-state index contributed by atoms with van der Waals surface area (Å²) in [6, 6.07) is 0.277. The Bertz CT molecular complexity index is 477. The molecule has 2 aromatic heterocycles. The molecule has 6 nitrogen and oxygen atoms in total. The normalized spacial score (nSPS) is 19.7. The molecule has 0 amide bonds. The summed E-state index contributed by atoms with van der Waals surface area (Å²) in [7, 11) is 0. The third-order valence-electron chi connectivity index (χ3n) is 2.80. The number of aromatic nitrogens is 4. The quantitative estimate of drug-likeness (QED) is 0.765. The second-order valence-corrected chi connectivity index (χ2v) is 3.75. The molecule has 6 heteroatoms. The highest BCUT2D eigenvalue weighted by Crippen LogP contribution is 2.27. The van der Waals surface area contributed by atoms with Gasteiger partial charge in [0.1, 0.15) is 6.61 Å². The summed E-state index contributed by atoms with van der Waals surface area (Å²) < 4.78 is 12.8. The van der Waals surface area contributed by atoms with Crippen LogP contribution in [0.15, 0.2) is 17.0 Å². The molecule has 84 valence electrons. The lowest BCUT2D eigenvalue weighted by molar-refractivity contribution is 0.0541. The summed E-state index contributed by atoms with van der Waals surface area (Å²) in [5, 5.41) is 8.25. The summed E-state index contributed by atoms with van der Waals surface area (Å²) in [6.07, 6.45) is 4.03. The molecule has 3 rings (SSSR count). The van der Waals surface area contributed by atoms with Crippen LogP contribution in [0.25, 0.3) is 11.6 Å². The molecule has 0 aromatic carbocycles. The van der Waals surface area contributed by atoms with Crippen molar-refractivity contribution in [2.75, 3.05) is 6.61 Å². The maximum absolute atomic E-state index is 5.46. The van der Waals surface area contributed by atoms with Crippen molar-refractivity contribution in [2.24, 2.45) is 0 Å². The number of nitrogens with zero attached hydrogens (tertiary/aromatic N) is 4. The molecular formula is C10H12N4O2. The summed E-state index contributed by atoms with van der Waals surface area (Å²) in [4.78, 5) is 3.90. The van der Waals surface area contributed by atoms with E-state index in [1.165, 1.54) is 6.39 Å². The lowest BCUT2D eigenvalue weighted by Gasteiger charge is -2.24. The molecule has 1 aliphatic heterocycles. The van der Waals surface area contributed by atoms with Gasteiger partial charge in [-0.05, 0) is 6.42 Å². The Morgan fingerprint density at radius 1 is 1.50 bits per heavy atom. The number of oxazole rings is 1. The van der Waals surface area contributed by atoms with Gasteiger partial charge in [-0.3, -0.25) is 0 Å². The zero-order chi connectivity index (χ0) is 11.0. The van der Waals surface area contributed by atoms with Crippen LogP contribution in [0.5, 0.6) is 0 Å². The fourth-order valence-corrected chi connectivity index (χ4v) is 1.96. The smallest absolute Gasteiger partial charge is 0.201 e. The average Bonchev–Trinajstić information content (AvgIpc) is 2.96. The van der Waals surface area contributed by atoms with E-state index in [1.807, 2.05) is 0 Å². The first-order valence-electron chi connectivity index (χ1n) is 5.30. The van der Waals surface area contributed by atoms with Gasteiger partial charge in [0.25, 0.3) is 0 Å². The number of ether oxygens (including phenoxy) is 1. The third-order valence-corrected chi connectivity index (χ3v) is 2.80. The van der Waals surface area contributed by atoms with Crippen LogP contribution in [0, 0.1) is 0 Å². The van der Waals surface area contributed by atoms with Crippen LogP contribution in [0.1, 0.15) is 25.2 Å². The van der Waals surface area contributed by atoms with E-state index >= 15 is 0 Å². The van der Waals surface area contributed by atoms with Crippen LogP contribution in [-0.2, 0) is 11.3 Å². The van der Waals surface area contributed by atoms with Crippen LogP contribution in [0.4, 0.5) is 0 Å². The molecule has 0 fully saturated rings.